The van der Waals surface area contributed by atoms with E-state index in [0.29, 0.717) is 11.8 Å². The highest BCUT2D eigenvalue weighted by atomic mass is 35.5. The van der Waals surface area contributed by atoms with Gasteiger partial charge in [-0.3, -0.25) is 0 Å². The number of rotatable bonds is 10. The monoisotopic (exact) mass is 290 g/mol. The predicted octanol–water partition coefficient (Wildman–Crippen LogP) is 1.99. The van der Waals surface area contributed by atoms with Gasteiger partial charge in [0, 0.05) is 32.0 Å². The highest BCUT2D eigenvalue weighted by Crippen LogP contribution is 2.16. The lowest BCUT2D eigenvalue weighted by Gasteiger charge is -2.26. The summed E-state index contributed by atoms with van der Waals surface area (Å²) in [7, 11) is 0.356. The van der Waals surface area contributed by atoms with Crippen LogP contribution in [0.2, 0.25) is 12.1 Å². The van der Waals surface area contributed by atoms with Crippen molar-refractivity contribution in [3.05, 3.63) is 0 Å². The highest BCUT2D eigenvalue weighted by molar-refractivity contribution is 6.66. The fraction of sp³-hybridized carbons (Fsp3) is 1.00. The van der Waals surface area contributed by atoms with Gasteiger partial charge in [0.25, 0.3) is 0 Å². The van der Waals surface area contributed by atoms with E-state index < -0.39 is 18.6 Å². The van der Waals surface area contributed by atoms with Gasteiger partial charge < -0.3 is 13.0 Å². The quantitative estimate of drug-likeness (QED) is 0.350. The Morgan fingerprint density at radius 1 is 1.07 bits per heavy atom. The third-order valence-electron chi connectivity index (χ3n) is 2.09. The van der Waals surface area contributed by atoms with Crippen LogP contribution in [0.5, 0.6) is 0 Å². The van der Waals surface area contributed by atoms with Crippen molar-refractivity contribution < 1.29 is 13.0 Å². The summed E-state index contributed by atoms with van der Waals surface area (Å²) in [6, 6.07) is 1.88. The molecule has 0 spiro atoms. The molecule has 0 rings (SSSR count). The molecule has 7 heteroatoms. The van der Waals surface area contributed by atoms with Gasteiger partial charge in [-0.05, 0) is 18.9 Å². The Bertz CT molecular complexity index is 148. The van der Waals surface area contributed by atoms with E-state index in [1.165, 1.54) is 0 Å². The maximum atomic E-state index is 5.85. The summed E-state index contributed by atoms with van der Waals surface area (Å²) in [6.07, 6.45) is 1.89. The summed E-state index contributed by atoms with van der Waals surface area (Å²) < 4.78 is 16.7. The van der Waals surface area contributed by atoms with Crippen molar-refractivity contribution >= 4 is 41.8 Å². The molecule has 0 aromatic heterocycles. The largest absolute Gasteiger partial charge is 0.489 e. The van der Waals surface area contributed by atoms with Crippen molar-refractivity contribution in [3.63, 3.8) is 0 Å². The molecular weight excluding hydrogens is 271 g/mol. The molecule has 0 saturated heterocycles. The van der Waals surface area contributed by atoms with E-state index in [9.17, 15) is 0 Å². The van der Waals surface area contributed by atoms with Crippen molar-refractivity contribution in [2.75, 3.05) is 26.0 Å². The van der Waals surface area contributed by atoms with Gasteiger partial charge in [0.05, 0.1) is 0 Å². The lowest BCUT2D eigenvalue weighted by atomic mass is 10.6. The van der Waals surface area contributed by atoms with Crippen LogP contribution in [0, 0.1) is 0 Å². The first-order valence-corrected chi connectivity index (χ1v) is 9.68. The average Bonchev–Trinajstić information content (AvgIpc) is 2.29. The molecule has 0 heterocycles. The van der Waals surface area contributed by atoms with E-state index >= 15 is 0 Å². The number of hydrogen-bond donors (Lipinski definition) is 0. The van der Waals surface area contributed by atoms with Gasteiger partial charge in [-0.2, -0.15) is 0 Å². The van der Waals surface area contributed by atoms with Crippen LogP contribution in [0.25, 0.3) is 0 Å². The Hall–Kier alpha value is 0.894. The molecule has 0 aromatic carbocycles. The first-order valence-electron chi connectivity index (χ1n) is 5.11. The molecule has 0 N–H and O–H groups in total. The SMILES string of the molecule is CO[Si](CCCCl)(OC)O[SiH2]CCCCl. The zero-order valence-corrected chi connectivity index (χ0v) is 13.4. The molecule has 0 unspecified atom stereocenters. The zero-order valence-electron chi connectivity index (χ0n) is 9.43. The molecular formula is C8H20Cl2O3Si2. The molecule has 92 valence electrons. The number of alkyl halides is 2. The molecule has 0 bridgehead atoms. The normalized spacial score (nSPS) is 12.8. The standard InChI is InChI=1S/C8H20Cl2O3Si2/c1-11-15(12-2,8-4-6-10)13-14-7-3-5-9/h3-8,14H2,1-2H3. The summed E-state index contributed by atoms with van der Waals surface area (Å²) >= 11 is 11.3. The average molecular weight is 291 g/mol. The maximum absolute atomic E-state index is 5.85. The van der Waals surface area contributed by atoms with Crippen molar-refractivity contribution in [2.45, 2.75) is 24.9 Å². The van der Waals surface area contributed by atoms with E-state index in [4.69, 9.17) is 36.2 Å². The number of halogens is 2. The maximum Gasteiger partial charge on any atom is 0.489 e. The molecule has 0 aliphatic rings. The van der Waals surface area contributed by atoms with Gasteiger partial charge in [0.15, 0.2) is 9.76 Å². The first-order chi connectivity index (χ1) is 7.24. The Morgan fingerprint density at radius 2 is 1.67 bits per heavy atom. The van der Waals surface area contributed by atoms with E-state index in [-0.39, 0.29) is 0 Å². The molecule has 0 radical (unpaired) electrons. The zero-order chi connectivity index (χ0) is 11.6. The van der Waals surface area contributed by atoms with Gasteiger partial charge in [-0.15, -0.1) is 23.2 Å². The molecule has 0 atom stereocenters. The lowest BCUT2D eigenvalue weighted by molar-refractivity contribution is 0.163. The minimum Gasteiger partial charge on any atom is -0.421 e. The summed E-state index contributed by atoms with van der Waals surface area (Å²) in [5.41, 5.74) is 0. The van der Waals surface area contributed by atoms with E-state index in [0.717, 1.165) is 24.9 Å². The van der Waals surface area contributed by atoms with Crippen molar-refractivity contribution in [1.82, 2.24) is 0 Å². The summed E-state index contributed by atoms with van der Waals surface area (Å²) in [4.78, 5) is 0. The van der Waals surface area contributed by atoms with Crippen LogP contribution in [0.3, 0.4) is 0 Å². The molecule has 3 nitrogen and oxygen atoms in total. The molecule has 0 aliphatic heterocycles. The third-order valence-corrected chi connectivity index (χ3v) is 8.20. The Balaban J connectivity index is 3.88. The molecule has 0 aromatic rings. The second kappa shape index (κ2) is 10.1. The molecule has 15 heavy (non-hydrogen) atoms. The van der Waals surface area contributed by atoms with Crippen molar-refractivity contribution in [1.29, 1.82) is 0 Å². The van der Waals surface area contributed by atoms with Crippen molar-refractivity contribution in [2.24, 2.45) is 0 Å². The summed E-state index contributed by atoms with van der Waals surface area (Å²) in [6.45, 7) is 0. The van der Waals surface area contributed by atoms with Gasteiger partial charge >= 0.3 is 8.80 Å². The topological polar surface area (TPSA) is 27.7 Å². The van der Waals surface area contributed by atoms with E-state index in [1.807, 2.05) is 0 Å². The van der Waals surface area contributed by atoms with Crippen LogP contribution in [-0.2, 0) is 13.0 Å². The van der Waals surface area contributed by atoms with Crippen LogP contribution >= 0.6 is 23.2 Å². The minimum absolute atomic E-state index is 0.570. The molecule has 0 fully saturated rings. The Kier molecular flexibility index (Phi) is 10.7. The summed E-state index contributed by atoms with van der Waals surface area (Å²) in [5, 5.41) is 0. The summed E-state index contributed by atoms with van der Waals surface area (Å²) in [5.74, 6) is 1.32. The van der Waals surface area contributed by atoms with Crippen LogP contribution in [0.15, 0.2) is 0 Å². The lowest BCUT2D eigenvalue weighted by Crippen LogP contribution is -2.44. The molecule has 0 aliphatic carbocycles. The fourth-order valence-corrected chi connectivity index (χ4v) is 7.03. The van der Waals surface area contributed by atoms with Crippen molar-refractivity contribution in [3.8, 4) is 0 Å². The predicted molar refractivity (Wildman–Crippen MR) is 69.7 cm³/mol. The van der Waals surface area contributed by atoms with E-state index in [1.54, 1.807) is 14.2 Å². The van der Waals surface area contributed by atoms with Gasteiger partial charge in [-0.1, -0.05) is 0 Å². The molecule has 0 amide bonds. The van der Waals surface area contributed by atoms with Gasteiger partial charge in [0.1, 0.15) is 0 Å². The minimum atomic E-state index is -2.38. The van der Waals surface area contributed by atoms with Crippen LogP contribution in [0.4, 0.5) is 0 Å². The molecule has 0 saturated carbocycles. The van der Waals surface area contributed by atoms with Crippen LogP contribution in [0.1, 0.15) is 12.8 Å². The highest BCUT2D eigenvalue weighted by Gasteiger charge is 2.37. The Morgan fingerprint density at radius 3 is 2.13 bits per heavy atom. The third kappa shape index (κ3) is 6.94. The first kappa shape index (κ1) is 15.9. The van der Waals surface area contributed by atoms with E-state index in [2.05, 4.69) is 0 Å². The second-order valence-electron chi connectivity index (χ2n) is 3.13. The Labute approximate surface area is 106 Å². The van der Waals surface area contributed by atoms with Gasteiger partial charge in [0.2, 0.25) is 0 Å². The van der Waals surface area contributed by atoms with Crippen LogP contribution in [-0.4, -0.2) is 44.5 Å². The van der Waals surface area contributed by atoms with Gasteiger partial charge in [-0.25, -0.2) is 0 Å². The smallest absolute Gasteiger partial charge is 0.421 e. The fourth-order valence-electron chi connectivity index (χ4n) is 1.19. The van der Waals surface area contributed by atoms with Crippen LogP contribution < -0.4 is 0 Å². The number of hydrogen-bond acceptors (Lipinski definition) is 3. The second-order valence-corrected chi connectivity index (χ2v) is 8.84.